The molecule has 0 bridgehead atoms. The fraction of sp³-hybridized carbons (Fsp3) is 0.143. The van der Waals surface area contributed by atoms with Crippen molar-refractivity contribution < 1.29 is 0 Å². The molecule has 0 aliphatic rings. The maximum Gasteiger partial charge on any atom is 0.235 e. The van der Waals surface area contributed by atoms with E-state index in [1.165, 1.54) is 11.3 Å². The third kappa shape index (κ3) is 2.97. The normalized spacial score (nSPS) is 11.4. The van der Waals surface area contributed by atoms with E-state index in [1.807, 2.05) is 37.3 Å². The molecule has 1 N–H and O–H groups in total. The van der Waals surface area contributed by atoms with Gasteiger partial charge >= 0.3 is 0 Å². The third-order valence-electron chi connectivity index (χ3n) is 3.16. The number of aryl methyl sites for hydroxylation is 1. The molecule has 6 nitrogen and oxygen atoms in total. The fourth-order valence-electron chi connectivity index (χ4n) is 2.06. The molecule has 4 rings (SSSR count). The van der Waals surface area contributed by atoms with Gasteiger partial charge in [0.15, 0.2) is 10.8 Å². The van der Waals surface area contributed by atoms with Gasteiger partial charge in [-0.15, -0.1) is 22.0 Å². The van der Waals surface area contributed by atoms with Crippen molar-refractivity contribution in [3.63, 3.8) is 0 Å². The van der Waals surface area contributed by atoms with Crippen molar-refractivity contribution in [2.75, 3.05) is 0 Å². The Balaban J connectivity index is 1.58. The SMILES string of the molecule is Cc1cc(-c2nn3c(CSc4ccc(Cl)cc4)nnc3s2)n[nH]1. The topological polar surface area (TPSA) is 71.8 Å². The van der Waals surface area contributed by atoms with Gasteiger partial charge in [-0.2, -0.15) is 14.7 Å². The number of nitrogens with zero attached hydrogens (tertiary/aromatic N) is 5. The number of hydrogen-bond acceptors (Lipinski definition) is 6. The molecular weight excluding hydrogens is 352 g/mol. The van der Waals surface area contributed by atoms with Crippen LogP contribution in [0, 0.1) is 6.92 Å². The number of nitrogens with one attached hydrogen (secondary N) is 1. The van der Waals surface area contributed by atoms with Crippen LogP contribution < -0.4 is 0 Å². The lowest BCUT2D eigenvalue weighted by Crippen LogP contribution is -1.94. The summed E-state index contributed by atoms with van der Waals surface area (Å²) in [6.45, 7) is 1.96. The summed E-state index contributed by atoms with van der Waals surface area (Å²) in [5.41, 5.74) is 1.83. The van der Waals surface area contributed by atoms with E-state index < -0.39 is 0 Å². The van der Waals surface area contributed by atoms with Crippen molar-refractivity contribution in [2.45, 2.75) is 17.6 Å². The molecule has 9 heteroatoms. The highest BCUT2D eigenvalue weighted by molar-refractivity contribution is 7.98. The smallest absolute Gasteiger partial charge is 0.235 e. The second-order valence-electron chi connectivity index (χ2n) is 4.90. The summed E-state index contributed by atoms with van der Waals surface area (Å²) in [6, 6.07) is 9.70. The summed E-state index contributed by atoms with van der Waals surface area (Å²) in [6.07, 6.45) is 0. The Kier molecular flexibility index (Phi) is 3.80. The van der Waals surface area contributed by atoms with Crippen LogP contribution in [0.5, 0.6) is 0 Å². The van der Waals surface area contributed by atoms with Gasteiger partial charge in [-0.3, -0.25) is 5.10 Å². The molecular formula is C14H11ClN6S2. The van der Waals surface area contributed by atoms with Crippen molar-refractivity contribution >= 4 is 39.7 Å². The van der Waals surface area contributed by atoms with Crippen LogP contribution in [-0.4, -0.2) is 30.0 Å². The first-order valence-corrected chi connectivity index (χ1v) is 8.99. The number of aromatic amines is 1. The number of fused-ring (bicyclic) bond motifs is 1. The predicted octanol–water partition coefficient (Wildman–Crippen LogP) is 3.83. The van der Waals surface area contributed by atoms with E-state index in [9.17, 15) is 0 Å². The minimum absolute atomic E-state index is 0.686. The Morgan fingerprint density at radius 1 is 1.26 bits per heavy atom. The van der Waals surface area contributed by atoms with Crippen LogP contribution in [0.4, 0.5) is 0 Å². The van der Waals surface area contributed by atoms with Gasteiger partial charge in [0.1, 0.15) is 5.69 Å². The first-order chi connectivity index (χ1) is 11.2. The number of hydrogen-bond donors (Lipinski definition) is 1. The van der Waals surface area contributed by atoms with Crippen molar-refractivity contribution in [2.24, 2.45) is 0 Å². The second kappa shape index (κ2) is 5.95. The molecule has 116 valence electrons. The lowest BCUT2D eigenvalue weighted by Gasteiger charge is -1.99. The quantitative estimate of drug-likeness (QED) is 0.558. The largest absolute Gasteiger partial charge is 0.282 e. The van der Waals surface area contributed by atoms with E-state index in [1.54, 1.807) is 16.3 Å². The van der Waals surface area contributed by atoms with Gasteiger partial charge in [-0.25, -0.2) is 0 Å². The first kappa shape index (κ1) is 14.7. The van der Waals surface area contributed by atoms with Gasteiger partial charge in [0.2, 0.25) is 4.96 Å². The van der Waals surface area contributed by atoms with E-state index >= 15 is 0 Å². The molecule has 0 amide bonds. The molecule has 23 heavy (non-hydrogen) atoms. The number of aromatic nitrogens is 6. The number of halogens is 1. The number of thioether (sulfide) groups is 1. The van der Waals surface area contributed by atoms with Crippen LogP contribution in [0.25, 0.3) is 15.7 Å². The van der Waals surface area contributed by atoms with Crippen molar-refractivity contribution in [1.82, 2.24) is 30.0 Å². The summed E-state index contributed by atoms with van der Waals surface area (Å²) in [5.74, 6) is 1.50. The Morgan fingerprint density at radius 3 is 2.83 bits per heavy atom. The molecule has 0 saturated heterocycles. The maximum atomic E-state index is 5.90. The number of H-pyrrole nitrogens is 1. The van der Waals surface area contributed by atoms with Gasteiger partial charge < -0.3 is 0 Å². The lowest BCUT2D eigenvalue weighted by molar-refractivity contribution is 0.885. The Morgan fingerprint density at radius 2 is 2.09 bits per heavy atom. The molecule has 0 atom stereocenters. The van der Waals surface area contributed by atoms with Gasteiger partial charge in [0.05, 0.1) is 5.75 Å². The van der Waals surface area contributed by atoms with E-state index in [0.717, 1.165) is 37.1 Å². The summed E-state index contributed by atoms with van der Waals surface area (Å²) in [7, 11) is 0. The molecule has 3 heterocycles. The summed E-state index contributed by atoms with van der Waals surface area (Å²) in [4.78, 5) is 1.90. The summed E-state index contributed by atoms with van der Waals surface area (Å²) in [5, 5.41) is 21.7. The molecule has 0 radical (unpaired) electrons. The lowest BCUT2D eigenvalue weighted by atomic mass is 10.4. The Hall–Kier alpha value is -1.90. The molecule has 0 unspecified atom stereocenters. The number of rotatable bonds is 4. The van der Waals surface area contributed by atoms with Crippen LogP contribution in [0.3, 0.4) is 0 Å². The summed E-state index contributed by atoms with van der Waals surface area (Å²) < 4.78 is 1.78. The molecule has 0 spiro atoms. The van der Waals surface area contributed by atoms with E-state index in [0.29, 0.717) is 5.75 Å². The zero-order valence-corrected chi connectivity index (χ0v) is 14.4. The Bertz CT molecular complexity index is 955. The maximum absolute atomic E-state index is 5.90. The van der Waals surface area contributed by atoms with E-state index in [-0.39, 0.29) is 0 Å². The molecule has 0 aliphatic carbocycles. The van der Waals surface area contributed by atoms with E-state index in [2.05, 4.69) is 25.5 Å². The van der Waals surface area contributed by atoms with Crippen LogP contribution >= 0.6 is 34.7 Å². The van der Waals surface area contributed by atoms with Crippen molar-refractivity contribution in [3.8, 4) is 10.7 Å². The van der Waals surface area contributed by atoms with Crippen LogP contribution in [0.15, 0.2) is 35.2 Å². The van der Waals surface area contributed by atoms with Crippen molar-refractivity contribution in [3.05, 3.63) is 46.9 Å². The average Bonchev–Trinajstić information content (AvgIpc) is 3.22. The Labute approximate surface area is 144 Å². The van der Waals surface area contributed by atoms with Crippen LogP contribution in [0.2, 0.25) is 5.02 Å². The van der Waals surface area contributed by atoms with Gasteiger partial charge in [-0.05, 0) is 37.3 Å². The van der Waals surface area contributed by atoms with Gasteiger partial charge in [0.25, 0.3) is 0 Å². The molecule has 0 fully saturated rings. The first-order valence-electron chi connectivity index (χ1n) is 6.81. The highest BCUT2D eigenvalue weighted by atomic mass is 35.5. The standard InChI is InChI=1S/C14H11ClN6S2/c1-8-6-11(17-16-8)13-20-21-12(18-19-14(21)23-13)7-22-10-4-2-9(15)3-5-10/h2-6H,7H2,1H3,(H,16,17). The zero-order valence-electron chi connectivity index (χ0n) is 12.0. The number of benzene rings is 1. The minimum atomic E-state index is 0.686. The third-order valence-corrected chi connectivity index (χ3v) is 5.34. The van der Waals surface area contributed by atoms with E-state index in [4.69, 9.17) is 11.6 Å². The molecule has 0 saturated carbocycles. The highest BCUT2D eigenvalue weighted by Crippen LogP contribution is 2.27. The monoisotopic (exact) mass is 362 g/mol. The average molecular weight is 363 g/mol. The fourth-order valence-corrected chi connectivity index (χ4v) is 3.81. The molecule has 1 aromatic carbocycles. The highest BCUT2D eigenvalue weighted by Gasteiger charge is 2.14. The van der Waals surface area contributed by atoms with Crippen LogP contribution in [-0.2, 0) is 5.75 Å². The zero-order chi connectivity index (χ0) is 15.8. The molecule has 3 aromatic heterocycles. The van der Waals surface area contributed by atoms with Crippen LogP contribution in [0.1, 0.15) is 11.5 Å². The van der Waals surface area contributed by atoms with Gasteiger partial charge in [0, 0.05) is 15.6 Å². The minimum Gasteiger partial charge on any atom is -0.282 e. The molecule has 0 aliphatic heterocycles. The van der Waals surface area contributed by atoms with Crippen molar-refractivity contribution in [1.29, 1.82) is 0 Å². The predicted molar refractivity (Wildman–Crippen MR) is 92.0 cm³/mol. The van der Waals surface area contributed by atoms with Gasteiger partial charge in [-0.1, -0.05) is 22.9 Å². The molecule has 4 aromatic rings. The second-order valence-corrected chi connectivity index (χ2v) is 7.34. The summed E-state index contributed by atoms with van der Waals surface area (Å²) >= 11 is 9.05.